The van der Waals surface area contributed by atoms with Crippen LogP contribution in [0.3, 0.4) is 0 Å². The summed E-state index contributed by atoms with van der Waals surface area (Å²) in [6, 6.07) is 12.8. The van der Waals surface area contributed by atoms with Gasteiger partial charge in [-0.1, -0.05) is 35.9 Å². The maximum absolute atomic E-state index is 12.1. The minimum atomic E-state index is -0.171. The van der Waals surface area contributed by atoms with Gasteiger partial charge in [0.05, 0.1) is 5.56 Å². The highest BCUT2D eigenvalue weighted by Gasteiger charge is 2.11. The van der Waals surface area contributed by atoms with Gasteiger partial charge in [0.1, 0.15) is 0 Å². The molecule has 19 heavy (non-hydrogen) atoms. The van der Waals surface area contributed by atoms with Crippen LogP contribution in [0.25, 0.3) is 0 Å². The number of hydrogen-bond acceptors (Lipinski definition) is 2. The molecule has 4 heteroatoms. The van der Waals surface area contributed by atoms with Crippen molar-refractivity contribution in [2.75, 3.05) is 5.73 Å². The number of carbonyl (C=O) groups is 1. The van der Waals surface area contributed by atoms with Gasteiger partial charge in [-0.2, -0.15) is 0 Å². The van der Waals surface area contributed by atoms with Gasteiger partial charge in [0, 0.05) is 17.3 Å². The van der Waals surface area contributed by atoms with Crippen LogP contribution in [0, 0.1) is 6.92 Å². The van der Waals surface area contributed by atoms with Crippen molar-refractivity contribution in [1.29, 1.82) is 0 Å². The van der Waals surface area contributed by atoms with Crippen molar-refractivity contribution >= 4 is 23.2 Å². The highest BCUT2D eigenvalue weighted by Crippen LogP contribution is 2.16. The molecule has 0 aliphatic heterocycles. The molecule has 2 aromatic rings. The van der Waals surface area contributed by atoms with E-state index in [0.717, 1.165) is 11.1 Å². The Morgan fingerprint density at radius 2 is 2.00 bits per heavy atom. The third-order valence-corrected chi connectivity index (χ3v) is 3.11. The van der Waals surface area contributed by atoms with E-state index >= 15 is 0 Å². The van der Waals surface area contributed by atoms with Crippen LogP contribution in [0.2, 0.25) is 5.02 Å². The van der Waals surface area contributed by atoms with Crippen LogP contribution in [0.4, 0.5) is 5.69 Å². The Bertz CT molecular complexity index is 591. The summed E-state index contributed by atoms with van der Waals surface area (Å²) in [5.41, 5.74) is 8.67. The van der Waals surface area contributed by atoms with E-state index in [0.29, 0.717) is 22.8 Å². The van der Waals surface area contributed by atoms with E-state index in [-0.39, 0.29) is 5.91 Å². The summed E-state index contributed by atoms with van der Waals surface area (Å²) in [7, 11) is 0. The van der Waals surface area contributed by atoms with Crippen LogP contribution in [0.5, 0.6) is 0 Å². The lowest BCUT2D eigenvalue weighted by Crippen LogP contribution is -2.24. The Morgan fingerprint density at radius 3 is 2.68 bits per heavy atom. The van der Waals surface area contributed by atoms with Gasteiger partial charge >= 0.3 is 0 Å². The predicted molar refractivity (Wildman–Crippen MR) is 78.2 cm³/mol. The number of rotatable bonds is 3. The number of halogens is 1. The van der Waals surface area contributed by atoms with Crippen LogP contribution in [-0.2, 0) is 6.54 Å². The summed E-state index contributed by atoms with van der Waals surface area (Å²) in [6.45, 7) is 2.29. The summed E-state index contributed by atoms with van der Waals surface area (Å²) in [6.07, 6.45) is 0. The second-order valence-electron chi connectivity index (χ2n) is 4.35. The number of hydrogen-bond donors (Lipinski definition) is 2. The molecule has 3 N–H and O–H groups in total. The number of amides is 1. The highest BCUT2D eigenvalue weighted by molar-refractivity contribution is 6.30. The Labute approximate surface area is 117 Å². The molecule has 0 saturated heterocycles. The van der Waals surface area contributed by atoms with Crippen LogP contribution in [-0.4, -0.2) is 5.91 Å². The summed E-state index contributed by atoms with van der Waals surface area (Å²) >= 11 is 5.89. The third kappa shape index (κ3) is 3.26. The monoisotopic (exact) mass is 274 g/mol. The van der Waals surface area contributed by atoms with Crippen molar-refractivity contribution in [1.82, 2.24) is 5.32 Å². The standard InChI is InChI=1S/C15H15ClN2O/c1-10-4-2-7-13(17)14(10)15(19)18-9-11-5-3-6-12(16)8-11/h2-8H,9,17H2,1H3,(H,18,19). The van der Waals surface area contributed by atoms with Gasteiger partial charge < -0.3 is 11.1 Å². The van der Waals surface area contributed by atoms with Crippen LogP contribution >= 0.6 is 11.6 Å². The van der Waals surface area contributed by atoms with E-state index in [1.54, 1.807) is 12.1 Å². The van der Waals surface area contributed by atoms with Gasteiger partial charge in [-0.15, -0.1) is 0 Å². The van der Waals surface area contributed by atoms with E-state index < -0.39 is 0 Å². The fraction of sp³-hybridized carbons (Fsp3) is 0.133. The molecule has 0 spiro atoms. The van der Waals surface area contributed by atoms with Crippen molar-refractivity contribution in [3.8, 4) is 0 Å². The summed E-state index contributed by atoms with van der Waals surface area (Å²) in [5.74, 6) is -0.171. The molecular formula is C15H15ClN2O. The maximum Gasteiger partial charge on any atom is 0.253 e. The van der Waals surface area contributed by atoms with Gasteiger partial charge in [-0.25, -0.2) is 0 Å². The largest absolute Gasteiger partial charge is 0.398 e. The average molecular weight is 275 g/mol. The molecular weight excluding hydrogens is 260 g/mol. The van der Waals surface area contributed by atoms with Crippen LogP contribution < -0.4 is 11.1 Å². The Hall–Kier alpha value is -2.00. The quantitative estimate of drug-likeness (QED) is 0.845. The number of nitrogens with two attached hydrogens (primary N) is 1. The van der Waals surface area contributed by atoms with E-state index in [1.807, 2.05) is 37.3 Å². The first kappa shape index (κ1) is 13.4. The molecule has 3 nitrogen and oxygen atoms in total. The first-order valence-electron chi connectivity index (χ1n) is 5.95. The number of nitrogens with one attached hydrogen (secondary N) is 1. The Morgan fingerprint density at radius 1 is 1.26 bits per heavy atom. The minimum Gasteiger partial charge on any atom is -0.398 e. The van der Waals surface area contributed by atoms with Crippen molar-refractivity contribution < 1.29 is 4.79 Å². The zero-order valence-electron chi connectivity index (χ0n) is 10.6. The zero-order chi connectivity index (χ0) is 13.8. The van der Waals surface area contributed by atoms with E-state index in [2.05, 4.69) is 5.32 Å². The van der Waals surface area contributed by atoms with Crippen molar-refractivity contribution in [3.05, 3.63) is 64.2 Å². The second-order valence-corrected chi connectivity index (χ2v) is 4.79. The lowest BCUT2D eigenvalue weighted by Gasteiger charge is -2.10. The van der Waals surface area contributed by atoms with Crippen molar-refractivity contribution in [3.63, 3.8) is 0 Å². The van der Waals surface area contributed by atoms with Crippen LogP contribution in [0.15, 0.2) is 42.5 Å². The molecule has 0 atom stereocenters. The SMILES string of the molecule is Cc1cccc(N)c1C(=O)NCc1cccc(Cl)c1. The lowest BCUT2D eigenvalue weighted by atomic mass is 10.1. The molecule has 0 unspecified atom stereocenters. The summed E-state index contributed by atoms with van der Waals surface area (Å²) in [4.78, 5) is 12.1. The first-order valence-corrected chi connectivity index (χ1v) is 6.33. The third-order valence-electron chi connectivity index (χ3n) is 2.87. The second kappa shape index (κ2) is 5.76. The van der Waals surface area contributed by atoms with E-state index in [1.165, 1.54) is 0 Å². The molecule has 0 fully saturated rings. The fourth-order valence-corrected chi connectivity index (χ4v) is 2.13. The number of aryl methyl sites for hydroxylation is 1. The van der Waals surface area contributed by atoms with Gasteiger partial charge in [0.25, 0.3) is 5.91 Å². The first-order chi connectivity index (χ1) is 9.08. The van der Waals surface area contributed by atoms with Gasteiger partial charge in [0.15, 0.2) is 0 Å². The fourth-order valence-electron chi connectivity index (χ4n) is 1.92. The highest BCUT2D eigenvalue weighted by atomic mass is 35.5. The molecule has 0 bridgehead atoms. The number of anilines is 1. The smallest absolute Gasteiger partial charge is 0.253 e. The number of nitrogen functional groups attached to an aromatic ring is 1. The molecule has 0 heterocycles. The topological polar surface area (TPSA) is 55.1 Å². The molecule has 0 aromatic heterocycles. The van der Waals surface area contributed by atoms with E-state index in [9.17, 15) is 4.79 Å². The molecule has 2 aromatic carbocycles. The molecule has 0 saturated carbocycles. The molecule has 1 amide bonds. The normalized spacial score (nSPS) is 10.2. The molecule has 0 aliphatic rings. The average Bonchev–Trinajstić information content (AvgIpc) is 2.36. The zero-order valence-corrected chi connectivity index (χ0v) is 11.4. The summed E-state index contributed by atoms with van der Waals surface area (Å²) < 4.78 is 0. The molecule has 98 valence electrons. The van der Waals surface area contributed by atoms with Crippen molar-refractivity contribution in [2.45, 2.75) is 13.5 Å². The van der Waals surface area contributed by atoms with Gasteiger partial charge in [-0.3, -0.25) is 4.79 Å². The van der Waals surface area contributed by atoms with Crippen molar-refractivity contribution in [2.24, 2.45) is 0 Å². The van der Waals surface area contributed by atoms with Gasteiger partial charge in [0.2, 0.25) is 0 Å². The Kier molecular flexibility index (Phi) is 4.07. The van der Waals surface area contributed by atoms with Crippen LogP contribution in [0.1, 0.15) is 21.5 Å². The minimum absolute atomic E-state index is 0.171. The molecule has 0 aliphatic carbocycles. The molecule has 0 radical (unpaired) electrons. The summed E-state index contributed by atoms with van der Waals surface area (Å²) in [5, 5.41) is 3.50. The maximum atomic E-state index is 12.1. The number of carbonyl (C=O) groups excluding carboxylic acids is 1. The molecule has 2 rings (SSSR count). The van der Waals surface area contributed by atoms with E-state index in [4.69, 9.17) is 17.3 Å². The number of benzene rings is 2. The lowest BCUT2D eigenvalue weighted by molar-refractivity contribution is 0.0951. The Balaban J connectivity index is 2.10. The predicted octanol–water partition coefficient (Wildman–Crippen LogP) is 3.16. The van der Waals surface area contributed by atoms with Gasteiger partial charge in [-0.05, 0) is 36.2 Å².